The molecule has 0 aromatic heterocycles. The van der Waals surface area contributed by atoms with E-state index in [1.54, 1.807) is 0 Å². The summed E-state index contributed by atoms with van der Waals surface area (Å²) in [5.74, 6) is -0.0848. The monoisotopic (exact) mass is 328 g/mol. The fourth-order valence-electron chi connectivity index (χ4n) is 2.51. The number of rotatable bonds is 15. The summed E-state index contributed by atoms with van der Waals surface area (Å²) in [5.41, 5.74) is -0.164. The first kappa shape index (κ1) is 22.4. The Morgan fingerprint density at radius 1 is 0.739 bits per heavy atom. The average Bonchev–Trinajstić information content (AvgIpc) is 2.48. The Kier molecular flexibility index (Phi) is 14.6. The van der Waals surface area contributed by atoms with E-state index in [2.05, 4.69) is 6.92 Å². The van der Waals surface area contributed by atoms with Crippen molar-refractivity contribution in [3.63, 3.8) is 0 Å². The smallest absolute Gasteiger partial charge is 0.305 e. The Bertz CT molecular complexity index is 269. The van der Waals surface area contributed by atoms with Crippen LogP contribution in [0.5, 0.6) is 0 Å². The number of ether oxygens (including phenoxy) is 2. The molecule has 0 fully saturated rings. The molecular formula is C20H40O3. The minimum atomic E-state index is -0.164. The molecule has 0 saturated heterocycles. The summed E-state index contributed by atoms with van der Waals surface area (Å²) < 4.78 is 10.7. The molecule has 0 atom stereocenters. The Balaban J connectivity index is 3.20. The van der Waals surface area contributed by atoms with Crippen LogP contribution >= 0.6 is 0 Å². The third kappa shape index (κ3) is 19.4. The van der Waals surface area contributed by atoms with E-state index in [9.17, 15) is 4.79 Å². The molecule has 0 saturated carbocycles. The van der Waals surface area contributed by atoms with Crippen LogP contribution in [-0.2, 0) is 14.3 Å². The summed E-state index contributed by atoms with van der Waals surface area (Å²) in [5, 5.41) is 0. The Hall–Kier alpha value is -0.570. The molecule has 0 aliphatic rings. The SMILES string of the molecule is CCCCCCCCCCCCCC(=O)OCCOC(C)(C)C. The molecule has 0 aliphatic heterocycles. The standard InChI is InChI=1S/C20H40O3/c1-5-6-7-8-9-10-11-12-13-14-15-16-19(21)22-17-18-23-20(2,3)4/h5-18H2,1-4H3. The van der Waals surface area contributed by atoms with Gasteiger partial charge in [-0.2, -0.15) is 0 Å². The maximum absolute atomic E-state index is 11.6. The van der Waals surface area contributed by atoms with E-state index >= 15 is 0 Å². The first-order valence-corrected chi connectivity index (χ1v) is 9.75. The van der Waals surface area contributed by atoms with E-state index in [0.717, 1.165) is 12.8 Å². The Morgan fingerprint density at radius 2 is 1.22 bits per heavy atom. The molecule has 0 spiro atoms. The first-order valence-electron chi connectivity index (χ1n) is 9.75. The second kappa shape index (κ2) is 15.0. The van der Waals surface area contributed by atoms with Gasteiger partial charge in [0.2, 0.25) is 0 Å². The lowest BCUT2D eigenvalue weighted by molar-refractivity contribution is -0.147. The number of hydrogen-bond acceptors (Lipinski definition) is 3. The molecular weight excluding hydrogens is 288 g/mol. The van der Waals surface area contributed by atoms with Crippen LogP contribution in [0.15, 0.2) is 0 Å². The molecule has 0 aromatic rings. The maximum atomic E-state index is 11.6. The zero-order valence-corrected chi connectivity index (χ0v) is 16.1. The van der Waals surface area contributed by atoms with Gasteiger partial charge in [0, 0.05) is 6.42 Å². The maximum Gasteiger partial charge on any atom is 0.305 e. The van der Waals surface area contributed by atoms with Gasteiger partial charge >= 0.3 is 5.97 Å². The summed E-state index contributed by atoms with van der Waals surface area (Å²) >= 11 is 0. The van der Waals surface area contributed by atoms with Gasteiger partial charge in [-0.3, -0.25) is 4.79 Å². The van der Waals surface area contributed by atoms with Gasteiger partial charge < -0.3 is 9.47 Å². The summed E-state index contributed by atoms with van der Waals surface area (Å²) in [6.07, 6.45) is 14.8. The highest BCUT2D eigenvalue weighted by Crippen LogP contribution is 2.12. The lowest BCUT2D eigenvalue weighted by atomic mass is 10.1. The molecule has 3 nitrogen and oxygen atoms in total. The second-order valence-electron chi connectivity index (χ2n) is 7.47. The van der Waals surface area contributed by atoms with Crippen molar-refractivity contribution in [3.8, 4) is 0 Å². The predicted octanol–water partition coefficient (Wildman–Crippen LogP) is 6.05. The normalized spacial score (nSPS) is 11.7. The van der Waals surface area contributed by atoms with Crippen LogP contribution in [0.3, 0.4) is 0 Å². The van der Waals surface area contributed by atoms with Crippen molar-refractivity contribution in [1.82, 2.24) is 0 Å². The molecule has 0 unspecified atom stereocenters. The van der Waals surface area contributed by atoms with E-state index in [0.29, 0.717) is 19.6 Å². The van der Waals surface area contributed by atoms with Gasteiger partial charge in [0.05, 0.1) is 12.2 Å². The van der Waals surface area contributed by atoms with E-state index in [1.807, 2.05) is 20.8 Å². The topological polar surface area (TPSA) is 35.5 Å². The number of carbonyl (C=O) groups is 1. The van der Waals surface area contributed by atoms with Crippen LogP contribution in [0.4, 0.5) is 0 Å². The molecule has 0 N–H and O–H groups in total. The zero-order valence-electron chi connectivity index (χ0n) is 16.1. The fourth-order valence-corrected chi connectivity index (χ4v) is 2.51. The second-order valence-corrected chi connectivity index (χ2v) is 7.47. The summed E-state index contributed by atoms with van der Waals surface area (Å²) in [4.78, 5) is 11.6. The molecule has 0 rings (SSSR count). The van der Waals surface area contributed by atoms with Crippen LogP contribution in [0.1, 0.15) is 105 Å². The number of carbonyl (C=O) groups excluding carboxylic acids is 1. The zero-order chi connectivity index (χ0) is 17.4. The van der Waals surface area contributed by atoms with Crippen molar-refractivity contribution in [3.05, 3.63) is 0 Å². The van der Waals surface area contributed by atoms with Gasteiger partial charge in [0.15, 0.2) is 0 Å². The Morgan fingerprint density at radius 3 is 1.70 bits per heavy atom. The van der Waals surface area contributed by atoms with Crippen LogP contribution in [0.25, 0.3) is 0 Å². The van der Waals surface area contributed by atoms with Crippen molar-refractivity contribution in [2.45, 2.75) is 110 Å². The number of unbranched alkanes of at least 4 members (excludes halogenated alkanes) is 10. The van der Waals surface area contributed by atoms with Gasteiger partial charge in [0.1, 0.15) is 6.61 Å². The first-order chi connectivity index (χ1) is 11.0. The largest absolute Gasteiger partial charge is 0.463 e. The van der Waals surface area contributed by atoms with E-state index in [1.165, 1.54) is 57.8 Å². The predicted molar refractivity (Wildman–Crippen MR) is 97.7 cm³/mol. The van der Waals surface area contributed by atoms with Crippen LogP contribution < -0.4 is 0 Å². The molecule has 23 heavy (non-hydrogen) atoms. The minimum absolute atomic E-state index is 0.0848. The molecule has 0 bridgehead atoms. The fraction of sp³-hybridized carbons (Fsp3) is 0.950. The van der Waals surface area contributed by atoms with Gasteiger partial charge in [-0.15, -0.1) is 0 Å². The third-order valence-corrected chi connectivity index (χ3v) is 3.87. The third-order valence-electron chi connectivity index (χ3n) is 3.87. The van der Waals surface area contributed by atoms with Crippen LogP contribution in [0, 0.1) is 0 Å². The van der Waals surface area contributed by atoms with Crippen LogP contribution in [-0.4, -0.2) is 24.8 Å². The Labute approximate surface area is 144 Å². The van der Waals surface area contributed by atoms with E-state index in [-0.39, 0.29) is 11.6 Å². The van der Waals surface area contributed by atoms with Crippen molar-refractivity contribution >= 4 is 5.97 Å². The molecule has 0 heterocycles. The van der Waals surface area contributed by atoms with Crippen molar-refractivity contribution in [2.75, 3.05) is 13.2 Å². The molecule has 138 valence electrons. The van der Waals surface area contributed by atoms with E-state index < -0.39 is 0 Å². The van der Waals surface area contributed by atoms with Gasteiger partial charge in [-0.05, 0) is 27.2 Å². The quantitative estimate of drug-likeness (QED) is 0.271. The lowest BCUT2D eigenvalue weighted by Gasteiger charge is -2.19. The lowest BCUT2D eigenvalue weighted by Crippen LogP contribution is -2.22. The van der Waals surface area contributed by atoms with Crippen molar-refractivity contribution in [2.24, 2.45) is 0 Å². The number of esters is 1. The number of hydrogen-bond donors (Lipinski definition) is 0. The highest BCUT2D eigenvalue weighted by atomic mass is 16.6. The van der Waals surface area contributed by atoms with Gasteiger partial charge in [0.25, 0.3) is 0 Å². The molecule has 0 amide bonds. The average molecular weight is 329 g/mol. The van der Waals surface area contributed by atoms with Gasteiger partial charge in [-0.25, -0.2) is 0 Å². The van der Waals surface area contributed by atoms with Crippen molar-refractivity contribution in [1.29, 1.82) is 0 Å². The van der Waals surface area contributed by atoms with Crippen LogP contribution in [0.2, 0.25) is 0 Å². The summed E-state index contributed by atoms with van der Waals surface area (Å²) in [6, 6.07) is 0. The highest BCUT2D eigenvalue weighted by Gasteiger charge is 2.10. The molecule has 0 aromatic carbocycles. The summed E-state index contributed by atoms with van der Waals surface area (Å²) in [6.45, 7) is 9.11. The summed E-state index contributed by atoms with van der Waals surface area (Å²) in [7, 11) is 0. The van der Waals surface area contributed by atoms with Gasteiger partial charge in [-0.1, -0.05) is 71.1 Å². The minimum Gasteiger partial charge on any atom is -0.463 e. The van der Waals surface area contributed by atoms with Crippen molar-refractivity contribution < 1.29 is 14.3 Å². The molecule has 0 aliphatic carbocycles. The van der Waals surface area contributed by atoms with E-state index in [4.69, 9.17) is 9.47 Å². The molecule has 0 radical (unpaired) electrons. The highest BCUT2D eigenvalue weighted by molar-refractivity contribution is 5.69. The molecule has 3 heteroatoms.